The molecular formula is C19H29FN4O2. The third-order valence-corrected chi connectivity index (χ3v) is 4.20. The molecule has 1 saturated heterocycles. The van der Waals surface area contributed by atoms with Gasteiger partial charge in [-0.15, -0.1) is 0 Å². The maximum absolute atomic E-state index is 13.1. The average molecular weight is 364 g/mol. The van der Waals surface area contributed by atoms with Gasteiger partial charge in [-0.05, 0) is 31.0 Å². The number of amides is 1. The number of aliphatic imine (C=N–C) groups is 1. The predicted molar refractivity (Wildman–Crippen MR) is 101 cm³/mol. The SMILES string of the molecule is CCNC(=NCCNC(=O)Cc1cccc(F)c1)N(C)CC1CCOC1. The van der Waals surface area contributed by atoms with Gasteiger partial charge in [0, 0.05) is 39.2 Å². The lowest BCUT2D eigenvalue weighted by molar-refractivity contribution is -0.120. The summed E-state index contributed by atoms with van der Waals surface area (Å²) >= 11 is 0. The van der Waals surface area contributed by atoms with Crippen molar-refractivity contribution >= 4 is 11.9 Å². The average Bonchev–Trinajstić information content (AvgIpc) is 3.10. The van der Waals surface area contributed by atoms with E-state index < -0.39 is 0 Å². The van der Waals surface area contributed by atoms with Crippen molar-refractivity contribution in [1.82, 2.24) is 15.5 Å². The number of rotatable bonds is 8. The van der Waals surface area contributed by atoms with Crippen molar-refractivity contribution in [3.63, 3.8) is 0 Å². The van der Waals surface area contributed by atoms with Gasteiger partial charge >= 0.3 is 0 Å². The molecule has 1 aliphatic rings. The molecular weight excluding hydrogens is 335 g/mol. The van der Waals surface area contributed by atoms with Gasteiger partial charge in [-0.2, -0.15) is 0 Å². The van der Waals surface area contributed by atoms with Crippen LogP contribution in [0, 0.1) is 11.7 Å². The van der Waals surface area contributed by atoms with Crippen molar-refractivity contribution in [1.29, 1.82) is 0 Å². The highest BCUT2D eigenvalue weighted by Gasteiger charge is 2.18. The Labute approximate surface area is 154 Å². The molecule has 0 aromatic heterocycles. The molecule has 1 aromatic carbocycles. The molecule has 0 bridgehead atoms. The molecule has 2 N–H and O–H groups in total. The zero-order valence-corrected chi connectivity index (χ0v) is 15.6. The molecule has 0 aliphatic carbocycles. The minimum Gasteiger partial charge on any atom is -0.381 e. The van der Waals surface area contributed by atoms with Crippen LogP contribution in [0.1, 0.15) is 18.9 Å². The first-order chi connectivity index (χ1) is 12.6. The predicted octanol–water partition coefficient (Wildman–Crippen LogP) is 1.42. The van der Waals surface area contributed by atoms with E-state index in [0.29, 0.717) is 24.6 Å². The first-order valence-electron chi connectivity index (χ1n) is 9.16. The van der Waals surface area contributed by atoms with Crippen LogP contribution in [-0.4, -0.2) is 63.2 Å². The van der Waals surface area contributed by atoms with E-state index in [1.165, 1.54) is 12.1 Å². The number of hydrogen-bond donors (Lipinski definition) is 2. The van der Waals surface area contributed by atoms with Crippen LogP contribution in [0.5, 0.6) is 0 Å². The number of guanidine groups is 1. The van der Waals surface area contributed by atoms with E-state index >= 15 is 0 Å². The highest BCUT2D eigenvalue weighted by atomic mass is 19.1. The molecule has 1 atom stereocenters. The molecule has 1 unspecified atom stereocenters. The Kier molecular flexibility index (Phi) is 8.34. The van der Waals surface area contributed by atoms with E-state index in [0.717, 1.165) is 38.7 Å². The molecule has 7 heteroatoms. The number of hydrogen-bond acceptors (Lipinski definition) is 3. The molecule has 1 aliphatic heterocycles. The fraction of sp³-hybridized carbons (Fsp3) is 0.579. The maximum Gasteiger partial charge on any atom is 0.224 e. The van der Waals surface area contributed by atoms with E-state index in [9.17, 15) is 9.18 Å². The number of nitrogens with one attached hydrogen (secondary N) is 2. The second-order valence-electron chi connectivity index (χ2n) is 6.50. The fourth-order valence-corrected chi connectivity index (χ4v) is 2.92. The van der Waals surface area contributed by atoms with Crippen LogP contribution >= 0.6 is 0 Å². The first-order valence-corrected chi connectivity index (χ1v) is 9.16. The van der Waals surface area contributed by atoms with Gasteiger partial charge in [-0.3, -0.25) is 9.79 Å². The number of carbonyl (C=O) groups excluding carboxylic acids is 1. The first kappa shape index (κ1) is 20.2. The quantitative estimate of drug-likeness (QED) is 0.416. The topological polar surface area (TPSA) is 66.0 Å². The zero-order valence-electron chi connectivity index (χ0n) is 15.6. The van der Waals surface area contributed by atoms with Gasteiger partial charge in [0.25, 0.3) is 0 Å². The monoisotopic (exact) mass is 364 g/mol. The molecule has 144 valence electrons. The molecule has 2 rings (SSSR count). The van der Waals surface area contributed by atoms with Crippen LogP contribution in [0.15, 0.2) is 29.3 Å². The molecule has 26 heavy (non-hydrogen) atoms. The lowest BCUT2D eigenvalue weighted by Crippen LogP contribution is -2.42. The molecule has 6 nitrogen and oxygen atoms in total. The summed E-state index contributed by atoms with van der Waals surface area (Å²) in [6, 6.07) is 6.09. The highest BCUT2D eigenvalue weighted by molar-refractivity contribution is 5.80. The Hall–Kier alpha value is -2.15. The Balaban J connectivity index is 1.75. The number of nitrogens with zero attached hydrogens (tertiary/aromatic N) is 2. The standard InChI is InChI=1S/C19H29FN4O2/c1-3-21-19(24(2)13-16-7-10-26-14-16)23-9-8-22-18(25)12-15-5-4-6-17(20)11-15/h4-6,11,16H,3,7-10,12-14H2,1-2H3,(H,21,23)(H,22,25). The summed E-state index contributed by atoms with van der Waals surface area (Å²) in [7, 11) is 2.02. The van der Waals surface area contributed by atoms with Gasteiger partial charge < -0.3 is 20.3 Å². The summed E-state index contributed by atoms with van der Waals surface area (Å²) in [6.45, 7) is 6.30. The highest BCUT2D eigenvalue weighted by Crippen LogP contribution is 2.13. The van der Waals surface area contributed by atoms with Crippen LogP contribution < -0.4 is 10.6 Å². The van der Waals surface area contributed by atoms with E-state index in [1.807, 2.05) is 14.0 Å². The Morgan fingerprint density at radius 1 is 1.42 bits per heavy atom. The van der Waals surface area contributed by atoms with Crippen molar-refractivity contribution in [2.45, 2.75) is 19.8 Å². The summed E-state index contributed by atoms with van der Waals surface area (Å²) in [4.78, 5) is 18.6. The van der Waals surface area contributed by atoms with Crippen molar-refractivity contribution in [2.24, 2.45) is 10.9 Å². The molecule has 1 heterocycles. The summed E-state index contributed by atoms with van der Waals surface area (Å²) < 4.78 is 18.6. The van der Waals surface area contributed by atoms with Crippen molar-refractivity contribution in [2.75, 3.05) is 46.4 Å². The lowest BCUT2D eigenvalue weighted by Gasteiger charge is -2.24. The van der Waals surface area contributed by atoms with Crippen LogP contribution in [0.25, 0.3) is 0 Å². The van der Waals surface area contributed by atoms with Crippen LogP contribution in [0.4, 0.5) is 4.39 Å². The Morgan fingerprint density at radius 3 is 2.96 bits per heavy atom. The molecule has 0 saturated carbocycles. The van der Waals surface area contributed by atoms with Gasteiger partial charge in [0.1, 0.15) is 5.82 Å². The van der Waals surface area contributed by atoms with Gasteiger partial charge in [-0.1, -0.05) is 12.1 Å². The molecule has 1 fully saturated rings. The van der Waals surface area contributed by atoms with Crippen molar-refractivity contribution in [3.05, 3.63) is 35.6 Å². The molecule has 0 spiro atoms. The summed E-state index contributed by atoms with van der Waals surface area (Å²) in [5.74, 6) is 0.909. The Morgan fingerprint density at radius 2 is 2.27 bits per heavy atom. The van der Waals surface area contributed by atoms with Crippen LogP contribution in [0.3, 0.4) is 0 Å². The Bertz CT molecular complexity index is 603. The van der Waals surface area contributed by atoms with Crippen LogP contribution in [-0.2, 0) is 16.0 Å². The van der Waals surface area contributed by atoms with E-state index in [2.05, 4.69) is 20.5 Å². The number of carbonyl (C=O) groups is 1. The molecule has 0 radical (unpaired) electrons. The second-order valence-corrected chi connectivity index (χ2v) is 6.50. The zero-order chi connectivity index (χ0) is 18.8. The number of benzene rings is 1. The largest absolute Gasteiger partial charge is 0.381 e. The fourth-order valence-electron chi connectivity index (χ4n) is 2.92. The smallest absolute Gasteiger partial charge is 0.224 e. The van der Waals surface area contributed by atoms with Gasteiger partial charge in [0.05, 0.1) is 19.6 Å². The van der Waals surface area contributed by atoms with Crippen molar-refractivity contribution < 1.29 is 13.9 Å². The molecule has 1 amide bonds. The maximum atomic E-state index is 13.1. The van der Waals surface area contributed by atoms with Crippen LogP contribution in [0.2, 0.25) is 0 Å². The molecule has 1 aromatic rings. The summed E-state index contributed by atoms with van der Waals surface area (Å²) in [5, 5.41) is 6.10. The van der Waals surface area contributed by atoms with Gasteiger partial charge in [0.2, 0.25) is 5.91 Å². The summed E-state index contributed by atoms with van der Waals surface area (Å²) in [5.41, 5.74) is 0.665. The second kappa shape index (κ2) is 10.8. The van der Waals surface area contributed by atoms with Gasteiger partial charge in [0.15, 0.2) is 5.96 Å². The van der Waals surface area contributed by atoms with Crippen molar-refractivity contribution in [3.8, 4) is 0 Å². The van der Waals surface area contributed by atoms with E-state index in [4.69, 9.17) is 4.74 Å². The minimum atomic E-state index is -0.328. The third-order valence-electron chi connectivity index (χ3n) is 4.20. The number of ether oxygens (including phenoxy) is 1. The number of halogens is 1. The lowest BCUT2D eigenvalue weighted by atomic mass is 10.1. The van der Waals surface area contributed by atoms with Gasteiger partial charge in [-0.25, -0.2) is 4.39 Å². The third kappa shape index (κ3) is 7.00. The normalized spacial score (nSPS) is 17.2. The van der Waals surface area contributed by atoms with E-state index in [1.54, 1.807) is 12.1 Å². The van der Waals surface area contributed by atoms with E-state index in [-0.39, 0.29) is 18.1 Å². The summed E-state index contributed by atoms with van der Waals surface area (Å²) in [6.07, 6.45) is 1.25. The minimum absolute atomic E-state index is 0.132.